The van der Waals surface area contributed by atoms with Gasteiger partial charge < -0.3 is 10.2 Å². The molecule has 2 amide bonds. The number of hydrogen-bond donors (Lipinski definition) is 1. The van der Waals surface area contributed by atoms with Gasteiger partial charge in [-0.1, -0.05) is 41.9 Å². The SMILES string of the molecule is O=C(Nc1ccc(Cl)cc1)C1CCCN(C(=O)CCC2=CCc3ccccc32)C1. The van der Waals surface area contributed by atoms with Crippen LogP contribution in [0.5, 0.6) is 0 Å². The monoisotopic (exact) mass is 408 g/mol. The van der Waals surface area contributed by atoms with Crippen molar-refractivity contribution in [2.24, 2.45) is 5.92 Å². The molecule has 1 unspecified atom stereocenters. The van der Waals surface area contributed by atoms with E-state index in [1.54, 1.807) is 24.3 Å². The number of amides is 2. The van der Waals surface area contributed by atoms with E-state index in [4.69, 9.17) is 11.6 Å². The van der Waals surface area contributed by atoms with Crippen LogP contribution in [-0.2, 0) is 16.0 Å². The summed E-state index contributed by atoms with van der Waals surface area (Å²) in [5, 5.41) is 3.58. The van der Waals surface area contributed by atoms with Crippen LogP contribution in [-0.4, -0.2) is 29.8 Å². The van der Waals surface area contributed by atoms with Crippen molar-refractivity contribution in [3.05, 3.63) is 70.8 Å². The van der Waals surface area contributed by atoms with Crippen LogP contribution in [0.15, 0.2) is 54.6 Å². The Labute approximate surface area is 176 Å². The standard InChI is InChI=1S/C24H25ClN2O2/c25-20-10-12-21(13-11-20)26-24(29)19-5-3-15-27(16-19)23(28)14-9-18-8-7-17-4-1-2-6-22(17)18/h1-2,4,6,8,10-13,19H,3,5,7,9,14-16H2,(H,26,29). The zero-order valence-electron chi connectivity index (χ0n) is 16.4. The van der Waals surface area contributed by atoms with Crippen molar-refractivity contribution in [1.82, 2.24) is 4.90 Å². The van der Waals surface area contributed by atoms with Gasteiger partial charge in [-0.25, -0.2) is 0 Å². The molecular weight excluding hydrogens is 384 g/mol. The molecule has 1 heterocycles. The number of fused-ring (bicyclic) bond motifs is 1. The smallest absolute Gasteiger partial charge is 0.229 e. The van der Waals surface area contributed by atoms with E-state index < -0.39 is 0 Å². The van der Waals surface area contributed by atoms with Gasteiger partial charge in [0, 0.05) is 30.2 Å². The molecule has 1 atom stereocenters. The molecule has 1 aliphatic carbocycles. The average Bonchev–Trinajstić information content (AvgIpc) is 3.17. The van der Waals surface area contributed by atoms with Crippen LogP contribution in [0.25, 0.3) is 5.57 Å². The summed E-state index contributed by atoms with van der Waals surface area (Å²) in [4.78, 5) is 27.3. The lowest BCUT2D eigenvalue weighted by atomic mass is 9.96. The summed E-state index contributed by atoms with van der Waals surface area (Å²) in [6.45, 7) is 1.23. The molecule has 2 aliphatic rings. The number of nitrogens with one attached hydrogen (secondary N) is 1. The van der Waals surface area contributed by atoms with E-state index >= 15 is 0 Å². The van der Waals surface area contributed by atoms with E-state index in [0.29, 0.717) is 18.0 Å². The molecule has 5 heteroatoms. The summed E-state index contributed by atoms with van der Waals surface area (Å²) < 4.78 is 0. The molecule has 2 aromatic rings. The Morgan fingerprint density at radius 3 is 2.72 bits per heavy atom. The summed E-state index contributed by atoms with van der Waals surface area (Å²) in [7, 11) is 0. The van der Waals surface area contributed by atoms with Crippen LogP contribution < -0.4 is 5.32 Å². The molecule has 0 aromatic heterocycles. The number of nitrogens with zero attached hydrogens (tertiary/aromatic N) is 1. The fourth-order valence-electron chi connectivity index (χ4n) is 4.19. The number of piperidine rings is 1. The third-order valence-corrected chi connectivity index (χ3v) is 6.05. The number of anilines is 1. The second kappa shape index (κ2) is 8.83. The van der Waals surface area contributed by atoms with Gasteiger partial charge in [-0.3, -0.25) is 9.59 Å². The third-order valence-electron chi connectivity index (χ3n) is 5.80. The third kappa shape index (κ3) is 4.70. The van der Waals surface area contributed by atoms with Crippen LogP contribution in [0.1, 0.15) is 36.8 Å². The number of halogens is 1. The average molecular weight is 409 g/mol. The van der Waals surface area contributed by atoms with Gasteiger partial charge in [0.2, 0.25) is 11.8 Å². The van der Waals surface area contributed by atoms with Gasteiger partial charge in [0.05, 0.1) is 5.92 Å². The summed E-state index contributed by atoms with van der Waals surface area (Å²) in [6.07, 6.45) is 6.10. The highest BCUT2D eigenvalue weighted by Crippen LogP contribution is 2.31. The van der Waals surface area contributed by atoms with Gasteiger partial charge in [0.1, 0.15) is 0 Å². The van der Waals surface area contributed by atoms with Gasteiger partial charge in [0.25, 0.3) is 0 Å². The minimum Gasteiger partial charge on any atom is -0.342 e. The maximum atomic E-state index is 12.8. The number of hydrogen-bond acceptors (Lipinski definition) is 2. The van der Waals surface area contributed by atoms with Gasteiger partial charge in [-0.2, -0.15) is 0 Å². The second-order valence-electron chi connectivity index (χ2n) is 7.77. The van der Waals surface area contributed by atoms with Gasteiger partial charge in [-0.05, 0) is 66.6 Å². The fourth-order valence-corrected chi connectivity index (χ4v) is 4.31. The molecule has 2 aromatic carbocycles. The van der Waals surface area contributed by atoms with Crippen molar-refractivity contribution in [2.45, 2.75) is 32.1 Å². The highest BCUT2D eigenvalue weighted by molar-refractivity contribution is 6.30. The Kier molecular flexibility index (Phi) is 6.00. The van der Waals surface area contributed by atoms with Crippen LogP contribution in [0, 0.1) is 5.92 Å². The minimum absolute atomic E-state index is 0.0303. The van der Waals surface area contributed by atoms with Gasteiger partial charge in [-0.15, -0.1) is 0 Å². The molecule has 1 saturated heterocycles. The summed E-state index contributed by atoms with van der Waals surface area (Å²) in [6, 6.07) is 15.5. The summed E-state index contributed by atoms with van der Waals surface area (Å²) >= 11 is 5.89. The van der Waals surface area contributed by atoms with Crippen molar-refractivity contribution in [3.63, 3.8) is 0 Å². The van der Waals surface area contributed by atoms with Gasteiger partial charge in [0.15, 0.2) is 0 Å². The Hall–Kier alpha value is -2.59. The Balaban J connectivity index is 1.30. The predicted octanol–water partition coefficient (Wildman–Crippen LogP) is 4.94. The van der Waals surface area contributed by atoms with E-state index in [-0.39, 0.29) is 17.7 Å². The van der Waals surface area contributed by atoms with E-state index in [0.717, 1.165) is 37.9 Å². The van der Waals surface area contributed by atoms with Crippen LogP contribution >= 0.6 is 11.6 Å². The largest absolute Gasteiger partial charge is 0.342 e. The summed E-state index contributed by atoms with van der Waals surface area (Å²) in [5.74, 6) is -0.0636. The normalized spacial score (nSPS) is 18.2. The van der Waals surface area contributed by atoms with Crippen molar-refractivity contribution < 1.29 is 9.59 Å². The highest BCUT2D eigenvalue weighted by atomic mass is 35.5. The van der Waals surface area contributed by atoms with Crippen LogP contribution in [0.4, 0.5) is 5.69 Å². The van der Waals surface area contributed by atoms with Crippen molar-refractivity contribution >= 4 is 34.7 Å². The molecule has 0 bridgehead atoms. The lowest BCUT2D eigenvalue weighted by Gasteiger charge is -2.32. The number of carbonyl (C=O) groups excluding carboxylic acids is 2. The predicted molar refractivity (Wildman–Crippen MR) is 117 cm³/mol. The molecule has 150 valence electrons. The second-order valence-corrected chi connectivity index (χ2v) is 8.20. The fraction of sp³-hybridized carbons (Fsp3) is 0.333. The number of benzene rings is 2. The first-order chi connectivity index (χ1) is 14.1. The molecular formula is C24H25ClN2O2. The Morgan fingerprint density at radius 1 is 1.10 bits per heavy atom. The van der Waals surface area contributed by atoms with Gasteiger partial charge >= 0.3 is 0 Å². The molecule has 1 N–H and O–H groups in total. The van der Waals surface area contributed by atoms with Crippen molar-refractivity contribution in [2.75, 3.05) is 18.4 Å². The molecule has 1 fully saturated rings. The highest BCUT2D eigenvalue weighted by Gasteiger charge is 2.28. The van der Waals surface area contributed by atoms with E-state index in [9.17, 15) is 9.59 Å². The Morgan fingerprint density at radius 2 is 1.90 bits per heavy atom. The first-order valence-corrected chi connectivity index (χ1v) is 10.6. The first-order valence-electron chi connectivity index (χ1n) is 10.2. The number of likely N-dealkylation sites (tertiary alicyclic amines) is 1. The molecule has 1 aliphatic heterocycles. The number of rotatable bonds is 5. The maximum absolute atomic E-state index is 12.8. The van der Waals surface area contributed by atoms with Crippen molar-refractivity contribution in [1.29, 1.82) is 0 Å². The zero-order chi connectivity index (χ0) is 20.2. The van der Waals surface area contributed by atoms with Crippen LogP contribution in [0.3, 0.4) is 0 Å². The van der Waals surface area contributed by atoms with Crippen LogP contribution in [0.2, 0.25) is 5.02 Å². The molecule has 29 heavy (non-hydrogen) atoms. The molecule has 0 spiro atoms. The quantitative estimate of drug-likeness (QED) is 0.761. The molecule has 4 nitrogen and oxygen atoms in total. The Bertz CT molecular complexity index is 936. The van der Waals surface area contributed by atoms with E-state index in [1.165, 1.54) is 16.7 Å². The first kappa shape index (κ1) is 19.7. The number of allylic oxidation sites excluding steroid dienone is 2. The molecule has 0 saturated carbocycles. The van der Waals surface area contributed by atoms with E-state index in [2.05, 4.69) is 29.6 Å². The lowest BCUT2D eigenvalue weighted by Crippen LogP contribution is -2.43. The maximum Gasteiger partial charge on any atom is 0.229 e. The lowest BCUT2D eigenvalue weighted by molar-refractivity contribution is -0.134. The molecule has 4 rings (SSSR count). The summed E-state index contributed by atoms with van der Waals surface area (Å²) in [5.41, 5.74) is 4.61. The van der Waals surface area contributed by atoms with Crippen molar-refractivity contribution in [3.8, 4) is 0 Å². The topological polar surface area (TPSA) is 49.4 Å². The molecule has 0 radical (unpaired) electrons. The number of carbonyl (C=O) groups is 2. The zero-order valence-corrected chi connectivity index (χ0v) is 17.1. The minimum atomic E-state index is -0.171. The van der Waals surface area contributed by atoms with E-state index in [1.807, 2.05) is 11.0 Å².